The zero-order chi connectivity index (χ0) is 12.4. The van der Waals surface area contributed by atoms with E-state index in [1.54, 1.807) is 14.0 Å². The Bertz CT molecular complexity index is 165. The lowest BCUT2D eigenvalue weighted by molar-refractivity contribution is 0.0461. The Morgan fingerprint density at radius 3 is 1.82 bits per heavy atom. The molecule has 0 rings (SSSR count). The predicted molar refractivity (Wildman–Crippen MR) is 108 cm³/mol. The van der Waals surface area contributed by atoms with Crippen LogP contribution >= 0.6 is 0 Å². The van der Waals surface area contributed by atoms with Crippen LogP contribution in [0.5, 0.6) is 0 Å². The fraction of sp³-hybridized carbons (Fsp3) is 1.00. The van der Waals surface area contributed by atoms with Crippen LogP contribution in [-0.4, -0.2) is 53.1 Å². The fourth-order valence-corrected chi connectivity index (χ4v) is 3.10. The summed E-state index contributed by atoms with van der Waals surface area (Å²) in [5.41, 5.74) is 0. The van der Waals surface area contributed by atoms with Crippen LogP contribution in [0.15, 0.2) is 0 Å². The summed E-state index contributed by atoms with van der Waals surface area (Å²) in [5.74, 6) is 0. The van der Waals surface area contributed by atoms with Crippen LogP contribution in [0, 0.1) is 0 Å². The highest BCUT2D eigenvalue weighted by Crippen LogP contribution is 2.13. The molecule has 0 heterocycles. The van der Waals surface area contributed by atoms with Crippen molar-refractivity contribution >= 4 is 8.32 Å². The number of methoxy groups -OCH3 is 1. The minimum absolute atomic E-state index is 0. The molecule has 0 spiro atoms. The van der Waals surface area contributed by atoms with Crippen LogP contribution in [0.3, 0.4) is 0 Å². The minimum Gasteiger partial charge on any atom is -0.415 e. The summed E-state index contributed by atoms with van der Waals surface area (Å²) in [6, 6.07) is 1.08. The van der Waals surface area contributed by atoms with Crippen LogP contribution in [0.2, 0.25) is 19.1 Å². The van der Waals surface area contributed by atoms with Gasteiger partial charge in [0.25, 0.3) is 0 Å². The van der Waals surface area contributed by atoms with E-state index in [1.807, 2.05) is 0 Å². The molecule has 0 aliphatic heterocycles. The Morgan fingerprint density at radius 1 is 0.909 bits per heavy atom. The number of aliphatic hydroxyl groups is 1. The molecule has 1 N–H and O–H groups in total. The van der Waals surface area contributed by atoms with Crippen molar-refractivity contribution in [1.29, 1.82) is 0 Å². The van der Waals surface area contributed by atoms with Crippen molar-refractivity contribution < 1.29 is 19.0 Å². The molecule has 0 aliphatic rings. The lowest BCUT2D eigenvalue weighted by Crippen LogP contribution is -2.32. The third-order valence-electron chi connectivity index (χ3n) is 2.21. The summed E-state index contributed by atoms with van der Waals surface area (Å²) < 4.78 is 16.1. The van der Waals surface area contributed by atoms with Gasteiger partial charge in [0.1, 0.15) is 0 Å². The molecular weight excluding hydrogens is 296 g/mol. The molecule has 0 aromatic carbocycles. The van der Waals surface area contributed by atoms with Crippen LogP contribution in [0.25, 0.3) is 0 Å². The molecule has 146 valence electrons. The van der Waals surface area contributed by atoms with Gasteiger partial charge in [-0.1, -0.05) is 44.6 Å². The van der Waals surface area contributed by atoms with E-state index in [0.29, 0.717) is 26.4 Å². The van der Waals surface area contributed by atoms with E-state index in [0.717, 1.165) is 12.5 Å². The second kappa shape index (κ2) is 26.0. The molecule has 0 amide bonds. The van der Waals surface area contributed by atoms with Gasteiger partial charge in [-0.25, -0.2) is 0 Å². The van der Waals surface area contributed by atoms with Crippen LogP contribution < -0.4 is 0 Å². The van der Waals surface area contributed by atoms with Crippen LogP contribution in [-0.2, 0) is 13.9 Å². The Balaban J connectivity index is -0.0000000750. The summed E-state index contributed by atoms with van der Waals surface area (Å²) in [4.78, 5) is 0. The SMILES string of the molecule is C.C.C.C.C.C.COCCO[Si](C)(C)CCCOCC(C)O. The van der Waals surface area contributed by atoms with Gasteiger partial charge < -0.3 is 19.0 Å². The van der Waals surface area contributed by atoms with Crippen LogP contribution in [0.1, 0.15) is 57.9 Å². The van der Waals surface area contributed by atoms with Crippen molar-refractivity contribution in [2.75, 3.05) is 33.5 Å². The normalized spacial score (nSPS) is 10.2. The highest BCUT2D eigenvalue weighted by molar-refractivity contribution is 6.71. The Kier molecular flexibility index (Phi) is 50.9. The van der Waals surface area contributed by atoms with Crippen molar-refractivity contribution in [3.63, 3.8) is 0 Å². The quantitative estimate of drug-likeness (QED) is 0.421. The first-order valence-electron chi connectivity index (χ1n) is 5.86. The lowest BCUT2D eigenvalue weighted by Gasteiger charge is -2.22. The largest absolute Gasteiger partial charge is 0.415 e. The van der Waals surface area contributed by atoms with Gasteiger partial charge in [-0.2, -0.15) is 0 Å². The summed E-state index contributed by atoms with van der Waals surface area (Å²) in [7, 11) is 0.142. The van der Waals surface area contributed by atoms with E-state index in [9.17, 15) is 0 Å². The van der Waals surface area contributed by atoms with Crippen LogP contribution in [0.4, 0.5) is 0 Å². The molecule has 4 nitrogen and oxygen atoms in total. The fourth-order valence-electron chi connectivity index (χ4n) is 1.33. The summed E-state index contributed by atoms with van der Waals surface area (Å²) in [6.07, 6.45) is 0.627. The predicted octanol–water partition coefficient (Wildman–Crippen LogP) is 5.46. The molecule has 0 aliphatic carbocycles. The molecule has 0 saturated heterocycles. The topological polar surface area (TPSA) is 47.9 Å². The second-order valence-corrected chi connectivity index (χ2v) is 8.94. The lowest BCUT2D eigenvalue weighted by atomic mass is 10.4. The van der Waals surface area contributed by atoms with E-state index in [4.69, 9.17) is 19.0 Å². The Morgan fingerprint density at radius 2 is 1.41 bits per heavy atom. The minimum atomic E-state index is -1.54. The molecule has 0 aromatic rings. The van der Waals surface area contributed by atoms with Gasteiger partial charge in [-0.3, -0.25) is 0 Å². The van der Waals surface area contributed by atoms with Gasteiger partial charge in [0, 0.05) is 13.7 Å². The van der Waals surface area contributed by atoms with E-state index in [1.165, 1.54) is 0 Å². The van der Waals surface area contributed by atoms with Crippen molar-refractivity contribution in [2.45, 2.75) is 83.1 Å². The number of aliphatic hydroxyl groups excluding tert-OH is 1. The first-order valence-corrected chi connectivity index (χ1v) is 8.98. The van der Waals surface area contributed by atoms with Crippen molar-refractivity contribution in [3.05, 3.63) is 0 Å². The molecule has 5 heteroatoms. The zero-order valence-corrected chi connectivity index (χ0v) is 12.0. The molecule has 0 radical (unpaired) electrons. The molecular formula is C17H50O4Si. The highest BCUT2D eigenvalue weighted by Gasteiger charge is 2.21. The number of hydrogen-bond donors (Lipinski definition) is 1. The van der Waals surface area contributed by atoms with Gasteiger partial charge in [0.05, 0.1) is 25.9 Å². The van der Waals surface area contributed by atoms with Crippen molar-refractivity contribution in [3.8, 4) is 0 Å². The monoisotopic (exact) mass is 346 g/mol. The Labute approximate surface area is 144 Å². The molecule has 0 aromatic heterocycles. The average Bonchev–Trinajstić information content (AvgIpc) is 2.16. The van der Waals surface area contributed by atoms with Gasteiger partial charge >= 0.3 is 0 Å². The van der Waals surface area contributed by atoms with Gasteiger partial charge in [-0.15, -0.1) is 0 Å². The summed E-state index contributed by atoms with van der Waals surface area (Å²) >= 11 is 0. The molecule has 1 atom stereocenters. The van der Waals surface area contributed by atoms with E-state index in [-0.39, 0.29) is 50.7 Å². The molecule has 22 heavy (non-hydrogen) atoms. The maximum atomic E-state index is 9.00. The van der Waals surface area contributed by atoms with E-state index < -0.39 is 8.32 Å². The second-order valence-electron chi connectivity index (χ2n) is 4.63. The van der Waals surface area contributed by atoms with E-state index in [2.05, 4.69) is 13.1 Å². The van der Waals surface area contributed by atoms with E-state index >= 15 is 0 Å². The third-order valence-corrected chi connectivity index (χ3v) is 4.75. The molecule has 0 bridgehead atoms. The molecule has 0 fully saturated rings. The first kappa shape index (κ1) is 43.1. The zero-order valence-electron chi connectivity index (χ0n) is 11.0. The van der Waals surface area contributed by atoms with Crippen molar-refractivity contribution in [2.24, 2.45) is 0 Å². The van der Waals surface area contributed by atoms with Gasteiger partial charge in [0.2, 0.25) is 0 Å². The number of rotatable bonds is 10. The van der Waals surface area contributed by atoms with Gasteiger partial charge in [-0.05, 0) is 32.5 Å². The summed E-state index contributed by atoms with van der Waals surface area (Å²) in [5, 5.41) is 9.00. The highest BCUT2D eigenvalue weighted by atomic mass is 28.4. The standard InChI is InChI=1S/C11H26O4Si.6CH4/c1-11(12)10-14-6-5-9-16(3,4)15-8-7-13-2;;;;;;/h11-12H,5-10H2,1-4H3;6*1H4. The smallest absolute Gasteiger partial charge is 0.186 e. The average molecular weight is 347 g/mol. The summed E-state index contributed by atoms with van der Waals surface area (Å²) in [6.45, 7) is 8.61. The number of hydrogen-bond acceptors (Lipinski definition) is 4. The maximum absolute atomic E-state index is 9.00. The van der Waals surface area contributed by atoms with Gasteiger partial charge in [0.15, 0.2) is 8.32 Å². The first-order chi connectivity index (χ1) is 7.48. The molecule has 1 unspecified atom stereocenters. The number of ether oxygens (including phenoxy) is 2. The molecule has 0 saturated carbocycles. The van der Waals surface area contributed by atoms with Crippen molar-refractivity contribution in [1.82, 2.24) is 0 Å². The maximum Gasteiger partial charge on any atom is 0.186 e. The Hall–Kier alpha value is 0.0569. The third kappa shape index (κ3) is 32.1.